The van der Waals surface area contributed by atoms with Crippen molar-refractivity contribution in [1.82, 2.24) is 14.9 Å². The van der Waals surface area contributed by atoms with E-state index in [2.05, 4.69) is 9.97 Å². The molecule has 1 fully saturated rings. The lowest BCUT2D eigenvalue weighted by molar-refractivity contribution is -0.0000515. The largest absolute Gasteiger partial charge is 0.383 e. The van der Waals surface area contributed by atoms with E-state index >= 15 is 0 Å². The lowest BCUT2D eigenvalue weighted by Crippen LogP contribution is -2.41. The first-order chi connectivity index (χ1) is 14.0. The number of fused-ring (bicyclic) bond motifs is 1. The minimum absolute atomic E-state index is 0.00542. The highest BCUT2D eigenvalue weighted by molar-refractivity contribution is 5.94. The molecule has 0 bridgehead atoms. The summed E-state index contributed by atoms with van der Waals surface area (Å²) in [6.45, 7) is 1.41. The third kappa shape index (κ3) is 3.97. The molecule has 1 amide bonds. The first-order valence-corrected chi connectivity index (χ1v) is 9.49. The monoisotopic (exact) mass is 395 g/mol. The number of carbonyl (C=O) groups excluding carboxylic acids is 1. The Morgan fingerprint density at radius 3 is 2.62 bits per heavy atom. The summed E-state index contributed by atoms with van der Waals surface area (Å²) in [5, 5.41) is 0.744. The van der Waals surface area contributed by atoms with Crippen LogP contribution in [-0.4, -0.2) is 40.0 Å². The van der Waals surface area contributed by atoms with E-state index in [1.54, 1.807) is 17.0 Å². The quantitative estimate of drug-likeness (QED) is 0.703. The van der Waals surface area contributed by atoms with Gasteiger partial charge in [0.1, 0.15) is 11.6 Å². The first-order valence-electron chi connectivity index (χ1n) is 9.49. The van der Waals surface area contributed by atoms with Crippen LogP contribution in [-0.2, 0) is 11.3 Å². The molecule has 1 aliphatic rings. The van der Waals surface area contributed by atoms with E-state index in [4.69, 9.17) is 16.2 Å². The normalized spacial score (nSPS) is 15.0. The van der Waals surface area contributed by atoms with Gasteiger partial charge in [-0.3, -0.25) is 4.79 Å². The lowest BCUT2D eigenvalue weighted by atomic mass is 10.1. The molecular weight excluding hydrogens is 373 g/mol. The molecule has 29 heavy (non-hydrogen) atoms. The number of hydrogen-bond acceptors (Lipinski definition) is 6. The number of amides is 1. The molecule has 150 valence electrons. The number of hydrogen-bond donors (Lipinski definition) is 2. The third-order valence-corrected chi connectivity index (χ3v) is 5.16. The van der Waals surface area contributed by atoms with Crippen LogP contribution < -0.4 is 11.5 Å². The zero-order valence-corrected chi connectivity index (χ0v) is 15.8. The van der Waals surface area contributed by atoms with Crippen molar-refractivity contribution in [2.24, 2.45) is 0 Å². The maximum absolute atomic E-state index is 13.9. The fraction of sp³-hybridized carbons (Fsp3) is 0.286. The number of piperidine rings is 1. The Labute approximate surface area is 167 Å². The second-order valence-electron chi connectivity index (χ2n) is 7.06. The molecule has 1 saturated heterocycles. The number of ether oxygens (including phenoxy) is 1. The summed E-state index contributed by atoms with van der Waals surface area (Å²) < 4.78 is 19.9. The number of anilines is 2. The van der Waals surface area contributed by atoms with Gasteiger partial charge >= 0.3 is 0 Å². The van der Waals surface area contributed by atoms with Gasteiger partial charge in [-0.05, 0) is 36.6 Å². The van der Waals surface area contributed by atoms with E-state index in [0.717, 1.165) is 10.9 Å². The summed E-state index contributed by atoms with van der Waals surface area (Å²) in [4.78, 5) is 22.4. The SMILES string of the molecule is Nc1nc(N)c2c(COC3CCN(C(=O)c4ccccc4F)CC3)cccc2n1. The molecule has 1 aliphatic heterocycles. The van der Waals surface area contributed by atoms with Crippen molar-refractivity contribution >= 4 is 28.6 Å². The molecular formula is C21H22FN5O2. The molecule has 8 heteroatoms. The zero-order chi connectivity index (χ0) is 20.4. The van der Waals surface area contributed by atoms with Crippen molar-refractivity contribution in [3.05, 3.63) is 59.4 Å². The van der Waals surface area contributed by atoms with Crippen molar-refractivity contribution in [2.75, 3.05) is 24.6 Å². The standard InChI is InChI=1S/C21H22FN5O2/c22-16-6-2-1-5-15(16)20(28)27-10-8-14(9-11-27)29-12-13-4-3-7-17-18(13)19(23)26-21(24)25-17/h1-7,14H,8-12H2,(H4,23,24,25,26). The van der Waals surface area contributed by atoms with Crippen LogP contribution in [0.5, 0.6) is 0 Å². The minimum Gasteiger partial charge on any atom is -0.383 e. The summed E-state index contributed by atoms with van der Waals surface area (Å²) in [5.74, 6) is -0.303. The number of nitrogen functional groups attached to an aromatic ring is 2. The highest BCUT2D eigenvalue weighted by Gasteiger charge is 2.25. The number of nitrogens with zero attached hydrogens (tertiary/aromatic N) is 3. The Bertz CT molecular complexity index is 1050. The fourth-order valence-electron chi connectivity index (χ4n) is 3.66. The molecule has 0 atom stereocenters. The summed E-state index contributed by atoms with van der Waals surface area (Å²) in [7, 11) is 0. The average Bonchev–Trinajstić information content (AvgIpc) is 2.72. The molecule has 4 rings (SSSR count). The number of carbonyl (C=O) groups is 1. The van der Waals surface area contributed by atoms with Crippen LogP contribution in [0.15, 0.2) is 42.5 Å². The van der Waals surface area contributed by atoms with Crippen LogP contribution in [0, 0.1) is 5.82 Å². The molecule has 2 heterocycles. The van der Waals surface area contributed by atoms with Crippen LogP contribution in [0.2, 0.25) is 0 Å². The van der Waals surface area contributed by atoms with E-state index in [0.29, 0.717) is 43.9 Å². The van der Waals surface area contributed by atoms with Crippen molar-refractivity contribution in [3.8, 4) is 0 Å². The Hall–Kier alpha value is -3.26. The number of halogens is 1. The maximum atomic E-state index is 13.9. The molecule has 4 N–H and O–H groups in total. The van der Waals surface area contributed by atoms with Gasteiger partial charge in [0, 0.05) is 18.5 Å². The number of aromatic nitrogens is 2. The lowest BCUT2D eigenvalue weighted by Gasteiger charge is -2.32. The molecule has 7 nitrogen and oxygen atoms in total. The molecule has 3 aromatic rings. The predicted octanol–water partition coefficient (Wildman–Crippen LogP) is 2.75. The van der Waals surface area contributed by atoms with E-state index in [1.165, 1.54) is 12.1 Å². The third-order valence-electron chi connectivity index (χ3n) is 5.16. The van der Waals surface area contributed by atoms with Gasteiger partial charge in [-0.15, -0.1) is 0 Å². The summed E-state index contributed by atoms with van der Waals surface area (Å²) >= 11 is 0. The van der Waals surface area contributed by atoms with Gasteiger partial charge in [0.25, 0.3) is 5.91 Å². The van der Waals surface area contributed by atoms with Gasteiger partial charge in [-0.1, -0.05) is 24.3 Å². The summed E-state index contributed by atoms with van der Waals surface area (Å²) in [5.41, 5.74) is 13.4. The minimum atomic E-state index is -0.493. The van der Waals surface area contributed by atoms with E-state index in [1.807, 2.05) is 18.2 Å². The smallest absolute Gasteiger partial charge is 0.256 e. The highest BCUT2D eigenvalue weighted by Crippen LogP contribution is 2.25. The Morgan fingerprint density at radius 2 is 1.86 bits per heavy atom. The summed E-state index contributed by atoms with van der Waals surface area (Å²) in [6, 6.07) is 11.7. The molecule has 0 saturated carbocycles. The second kappa shape index (κ2) is 8.00. The number of likely N-dealkylation sites (tertiary alicyclic amines) is 1. The Kier molecular flexibility index (Phi) is 5.26. The Morgan fingerprint density at radius 1 is 1.10 bits per heavy atom. The average molecular weight is 395 g/mol. The van der Waals surface area contributed by atoms with E-state index < -0.39 is 5.82 Å². The van der Waals surface area contributed by atoms with Crippen LogP contribution in [0.4, 0.5) is 16.2 Å². The highest BCUT2D eigenvalue weighted by atomic mass is 19.1. The van der Waals surface area contributed by atoms with Gasteiger partial charge in [0.2, 0.25) is 5.95 Å². The molecule has 2 aromatic carbocycles. The first kappa shape index (κ1) is 19.1. The van der Waals surface area contributed by atoms with Gasteiger partial charge in [-0.25, -0.2) is 9.37 Å². The molecule has 0 unspecified atom stereocenters. The van der Waals surface area contributed by atoms with E-state index in [9.17, 15) is 9.18 Å². The van der Waals surface area contributed by atoms with Crippen molar-refractivity contribution in [3.63, 3.8) is 0 Å². The predicted molar refractivity (Wildman–Crippen MR) is 108 cm³/mol. The maximum Gasteiger partial charge on any atom is 0.256 e. The number of benzene rings is 2. The number of nitrogens with two attached hydrogens (primary N) is 2. The molecule has 1 aromatic heterocycles. The van der Waals surface area contributed by atoms with Crippen molar-refractivity contribution < 1.29 is 13.9 Å². The van der Waals surface area contributed by atoms with Crippen LogP contribution in [0.3, 0.4) is 0 Å². The van der Waals surface area contributed by atoms with Crippen LogP contribution in [0.1, 0.15) is 28.8 Å². The number of rotatable bonds is 4. The zero-order valence-electron chi connectivity index (χ0n) is 15.8. The van der Waals surface area contributed by atoms with Gasteiger partial charge in [-0.2, -0.15) is 4.98 Å². The Balaban J connectivity index is 1.38. The molecule has 0 aliphatic carbocycles. The summed E-state index contributed by atoms with van der Waals surface area (Å²) in [6.07, 6.45) is 1.37. The topological polar surface area (TPSA) is 107 Å². The van der Waals surface area contributed by atoms with Crippen LogP contribution >= 0.6 is 0 Å². The fourth-order valence-corrected chi connectivity index (χ4v) is 3.66. The second-order valence-corrected chi connectivity index (χ2v) is 7.06. The van der Waals surface area contributed by atoms with Crippen molar-refractivity contribution in [1.29, 1.82) is 0 Å². The van der Waals surface area contributed by atoms with E-state index in [-0.39, 0.29) is 23.5 Å². The van der Waals surface area contributed by atoms with Crippen molar-refractivity contribution in [2.45, 2.75) is 25.6 Å². The van der Waals surface area contributed by atoms with Gasteiger partial charge < -0.3 is 21.1 Å². The van der Waals surface area contributed by atoms with Gasteiger partial charge in [0.05, 0.1) is 23.8 Å². The van der Waals surface area contributed by atoms with Crippen LogP contribution in [0.25, 0.3) is 10.9 Å². The molecule has 0 spiro atoms. The molecule has 0 radical (unpaired) electrons. The van der Waals surface area contributed by atoms with Gasteiger partial charge in [0.15, 0.2) is 0 Å².